The third kappa shape index (κ3) is 11.7. The Balaban J connectivity index is 3.77. The van der Waals surface area contributed by atoms with Gasteiger partial charge in [-0.15, -0.1) is 0 Å². The predicted octanol–water partition coefficient (Wildman–Crippen LogP) is 5.07. The number of aliphatic hydroxyl groups excluding tert-OH is 2. The Hall–Kier alpha value is -0.0800. The third-order valence-corrected chi connectivity index (χ3v) is 4.31. The van der Waals surface area contributed by atoms with Gasteiger partial charge in [0, 0.05) is 6.61 Å². The third-order valence-electron chi connectivity index (χ3n) is 4.31. The highest BCUT2D eigenvalue weighted by atomic mass is 16.3. The van der Waals surface area contributed by atoms with E-state index in [-0.39, 0.29) is 12.7 Å². The summed E-state index contributed by atoms with van der Waals surface area (Å²) in [6.07, 6.45) is 15.2. The predicted molar refractivity (Wildman–Crippen MR) is 88.0 cm³/mol. The van der Waals surface area contributed by atoms with Crippen LogP contribution < -0.4 is 0 Å². The minimum Gasteiger partial charge on any atom is -0.396 e. The van der Waals surface area contributed by atoms with Crippen molar-refractivity contribution in [1.29, 1.82) is 0 Å². The average molecular weight is 286 g/mol. The molecule has 2 nitrogen and oxygen atoms in total. The molecule has 2 unspecified atom stereocenters. The quantitative estimate of drug-likeness (QED) is 0.413. The molecule has 2 atom stereocenters. The molecule has 0 heterocycles. The molecule has 0 spiro atoms. The second kappa shape index (κ2) is 15.3. The molecule has 0 rings (SSSR count). The van der Waals surface area contributed by atoms with Gasteiger partial charge in [0.1, 0.15) is 0 Å². The van der Waals surface area contributed by atoms with Crippen molar-refractivity contribution in [3.05, 3.63) is 0 Å². The fourth-order valence-corrected chi connectivity index (χ4v) is 2.88. The van der Waals surface area contributed by atoms with Crippen LogP contribution in [0.15, 0.2) is 0 Å². The van der Waals surface area contributed by atoms with Crippen molar-refractivity contribution in [2.45, 2.75) is 103 Å². The Morgan fingerprint density at radius 1 is 0.650 bits per heavy atom. The van der Waals surface area contributed by atoms with E-state index in [0.29, 0.717) is 5.92 Å². The number of unbranched alkanes of at least 4 members (excludes halogenated alkanes) is 7. The fraction of sp³-hybridized carbons (Fsp3) is 1.00. The molecule has 0 aromatic heterocycles. The van der Waals surface area contributed by atoms with Crippen LogP contribution in [0.1, 0.15) is 97.3 Å². The maximum Gasteiger partial charge on any atom is 0.0568 e. The van der Waals surface area contributed by atoms with Crippen molar-refractivity contribution in [1.82, 2.24) is 0 Å². The van der Waals surface area contributed by atoms with E-state index in [4.69, 9.17) is 5.11 Å². The van der Waals surface area contributed by atoms with Crippen LogP contribution in [0.25, 0.3) is 0 Å². The topological polar surface area (TPSA) is 40.5 Å². The maximum atomic E-state index is 10.4. The van der Waals surface area contributed by atoms with Gasteiger partial charge in [0.2, 0.25) is 0 Å². The Morgan fingerprint density at radius 2 is 1.20 bits per heavy atom. The van der Waals surface area contributed by atoms with Crippen molar-refractivity contribution in [3.63, 3.8) is 0 Å². The first kappa shape index (κ1) is 19.9. The van der Waals surface area contributed by atoms with Crippen molar-refractivity contribution >= 4 is 0 Å². The molecule has 0 amide bonds. The van der Waals surface area contributed by atoms with Gasteiger partial charge in [0.05, 0.1) is 6.10 Å². The summed E-state index contributed by atoms with van der Waals surface area (Å²) >= 11 is 0. The largest absolute Gasteiger partial charge is 0.396 e. The lowest BCUT2D eigenvalue weighted by molar-refractivity contribution is 0.0824. The molecule has 0 bridgehead atoms. The zero-order chi connectivity index (χ0) is 15.1. The highest BCUT2D eigenvalue weighted by molar-refractivity contribution is 4.69. The van der Waals surface area contributed by atoms with Gasteiger partial charge in [-0.1, -0.05) is 71.6 Å². The van der Waals surface area contributed by atoms with E-state index in [1.165, 1.54) is 51.4 Å². The molecular formula is C18H38O2. The second-order valence-electron chi connectivity index (χ2n) is 6.25. The molecule has 122 valence electrons. The van der Waals surface area contributed by atoms with E-state index in [9.17, 15) is 5.11 Å². The van der Waals surface area contributed by atoms with Crippen molar-refractivity contribution in [3.8, 4) is 0 Å². The van der Waals surface area contributed by atoms with Crippen molar-refractivity contribution in [2.75, 3.05) is 6.61 Å². The summed E-state index contributed by atoms with van der Waals surface area (Å²) in [5, 5.41) is 19.3. The van der Waals surface area contributed by atoms with Gasteiger partial charge in [-0.2, -0.15) is 0 Å². The SMILES string of the molecule is CCCCCCCCC(O)C(CCCC)CCCCO. The lowest BCUT2D eigenvalue weighted by Gasteiger charge is -2.23. The molecule has 2 heteroatoms. The summed E-state index contributed by atoms with van der Waals surface area (Å²) in [7, 11) is 0. The van der Waals surface area contributed by atoms with E-state index < -0.39 is 0 Å². The number of hydrogen-bond acceptors (Lipinski definition) is 2. The molecule has 0 aromatic carbocycles. The normalized spacial score (nSPS) is 14.4. The van der Waals surface area contributed by atoms with Gasteiger partial charge in [-0.3, -0.25) is 0 Å². The van der Waals surface area contributed by atoms with Crippen LogP contribution >= 0.6 is 0 Å². The van der Waals surface area contributed by atoms with Crippen LogP contribution in [-0.2, 0) is 0 Å². The Labute approximate surface area is 127 Å². The molecule has 2 N–H and O–H groups in total. The molecule has 0 aromatic rings. The second-order valence-corrected chi connectivity index (χ2v) is 6.25. The van der Waals surface area contributed by atoms with E-state index >= 15 is 0 Å². The van der Waals surface area contributed by atoms with E-state index in [1.807, 2.05) is 0 Å². The van der Waals surface area contributed by atoms with Crippen LogP contribution in [0.3, 0.4) is 0 Å². The van der Waals surface area contributed by atoms with Gasteiger partial charge in [-0.05, 0) is 31.6 Å². The summed E-state index contributed by atoms with van der Waals surface area (Å²) in [6.45, 7) is 4.74. The standard InChI is InChI=1S/C18H38O2/c1-3-5-7-8-9-10-15-18(20)17(13-6-4-2)14-11-12-16-19/h17-20H,3-16H2,1-2H3. The molecule has 0 aliphatic rings. The first-order valence-corrected chi connectivity index (χ1v) is 9.05. The van der Waals surface area contributed by atoms with Crippen LogP contribution in [0.4, 0.5) is 0 Å². The van der Waals surface area contributed by atoms with E-state index in [1.54, 1.807) is 0 Å². The van der Waals surface area contributed by atoms with Crippen molar-refractivity contribution in [2.24, 2.45) is 5.92 Å². The van der Waals surface area contributed by atoms with Gasteiger partial charge >= 0.3 is 0 Å². The number of aliphatic hydroxyl groups is 2. The summed E-state index contributed by atoms with van der Waals surface area (Å²) in [5.74, 6) is 0.456. The summed E-state index contributed by atoms with van der Waals surface area (Å²) < 4.78 is 0. The average Bonchev–Trinajstić information content (AvgIpc) is 2.46. The van der Waals surface area contributed by atoms with Crippen LogP contribution in [0.5, 0.6) is 0 Å². The minimum absolute atomic E-state index is 0.119. The molecule has 20 heavy (non-hydrogen) atoms. The first-order chi connectivity index (χ1) is 9.76. The fourth-order valence-electron chi connectivity index (χ4n) is 2.88. The molecule has 0 saturated heterocycles. The van der Waals surface area contributed by atoms with Gasteiger partial charge in [-0.25, -0.2) is 0 Å². The van der Waals surface area contributed by atoms with Gasteiger partial charge in [0.15, 0.2) is 0 Å². The van der Waals surface area contributed by atoms with Crippen LogP contribution in [-0.4, -0.2) is 22.9 Å². The first-order valence-electron chi connectivity index (χ1n) is 9.05. The van der Waals surface area contributed by atoms with Gasteiger partial charge in [0.25, 0.3) is 0 Å². The number of rotatable bonds is 15. The Bertz CT molecular complexity index is 182. The molecule has 0 saturated carbocycles. The molecular weight excluding hydrogens is 248 g/mol. The Morgan fingerprint density at radius 3 is 1.85 bits per heavy atom. The molecule has 0 aliphatic heterocycles. The Kier molecular flexibility index (Phi) is 15.3. The lowest BCUT2D eigenvalue weighted by atomic mass is 9.88. The number of hydrogen-bond donors (Lipinski definition) is 2. The van der Waals surface area contributed by atoms with Gasteiger partial charge < -0.3 is 10.2 Å². The highest BCUT2D eigenvalue weighted by Crippen LogP contribution is 2.23. The lowest BCUT2D eigenvalue weighted by Crippen LogP contribution is -2.20. The monoisotopic (exact) mass is 286 g/mol. The maximum absolute atomic E-state index is 10.4. The van der Waals surface area contributed by atoms with E-state index in [2.05, 4.69) is 13.8 Å². The van der Waals surface area contributed by atoms with Crippen molar-refractivity contribution < 1.29 is 10.2 Å². The smallest absolute Gasteiger partial charge is 0.0568 e. The molecule has 0 aliphatic carbocycles. The van der Waals surface area contributed by atoms with Crippen LogP contribution in [0, 0.1) is 5.92 Å². The van der Waals surface area contributed by atoms with E-state index in [0.717, 1.165) is 32.1 Å². The highest BCUT2D eigenvalue weighted by Gasteiger charge is 2.17. The zero-order valence-electron chi connectivity index (χ0n) is 13.9. The zero-order valence-corrected chi connectivity index (χ0v) is 13.9. The summed E-state index contributed by atoms with van der Waals surface area (Å²) in [4.78, 5) is 0. The molecule has 0 fully saturated rings. The minimum atomic E-state index is -0.119. The van der Waals surface area contributed by atoms with Crippen LogP contribution in [0.2, 0.25) is 0 Å². The molecule has 0 radical (unpaired) electrons. The summed E-state index contributed by atoms with van der Waals surface area (Å²) in [5.41, 5.74) is 0. The summed E-state index contributed by atoms with van der Waals surface area (Å²) in [6, 6.07) is 0.